The molecular weight excluding hydrogens is 629 g/mol. The van der Waals surface area contributed by atoms with Gasteiger partial charge in [0.1, 0.15) is 12.1 Å². The first-order valence-corrected chi connectivity index (χ1v) is 16.8. The number of benzene rings is 4. The summed E-state index contributed by atoms with van der Waals surface area (Å²) in [6.45, 7) is 0.668. The Morgan fingerprint density at radius 1 is 0.735 bits per heavy atom. The average Bonchev–Trinajstić information content (AvgIpc) is 3.86. The van der Waals surface area contributed by atoms with Gasteiger partial charge in [-0.1, -0.05) is 91.7 Å². The average molecular weight is 669 g/mol. The number of carbonyl (C=O) groups is 3. The van der Waals surface area contributed by atoms with Crippen molar-refractivity contribution in [3.63, 3.8) is 0 Å². The maximum absolute atomic E-state index is 14.6. The summed E-state index contributed by atoms with van der Waals surface area (Å²) in [6.07, 6.45) is 0.243. The number of carboxylic acid groups (broad SMARTS) is 1. The molecule has 4 aromatic rings. The summed E-state index contributed by atoms with van der Waals surface area (Å²) < 4.78 is 39.3. The molecule has 1 unspecified atom stereocenters. The van der Waals surface area contributed by atoms with Crippen molar-refractivity contribution < 1.29 is 32.7 Å². The molecule has 3 atom stereocenters. The van der Waals surface area contributed by atoms with E-state index in [1.807, 2.05) is 54.6 Å². The van der Waals surface area contributed by atoms with Gasteiger partial charge in [0.25, 0.3) is 5.91 Å². The molecule has 6 rings (SSSR count). The van der Waals surface area contributed by atoms with E-state index in [0.717, 1.165) is 42.5 Å². The van der Waals surface area contributed by atoms with Gasteiger partial charge in [-0.25, -0.2) is 4.79 Å². The number of carbonyl (C=O) groups excluding carboxylic acids is 2. The topological polar surface area (TPSA) is 86.7 Å². The van der Waals surface area contributed by atoms with Crippen LogP contribution in [0.5, 0.6) is 0 Å². The Kier molecular flexibility index (Phi) is 10.3. The zero-order valence-electron chi connectivity index (χ0n) is 27.0. The minimum Gasteiger partial charge on any atom is -0.480 e. The maximum atomic E-state index is 14.6. The number of hydrogen-bond donors (Lipinski definition) is 2. The van der Waals surface area contributed by atoms with E-state index in [4.69, 9.17) is 0 Å². The Labute approximate surface area is 284 Å². The van der Waals surface area contributed by atoms with Crippen molar-refractivity contribution in [3.05, 3.63) is 120 Å². The van der Waals surface area contributed by atoms with Crippen LogP contribution in [0.15, 0.2) is 103 Å². The second-order valence-corrected chi connectivity index (χ2v) is 13.0. The third kappa shape index (κ3) is 7.78. The largest absolute Gasteiger partial charge is 0.480 e. The van der Waals surface area contributed by atoms with Gasteiger partial charge in [0.2, 0.25) is 0 Å². The second-order valence-electron chi connectivity index (χ2n) is 13.0. The summed E-state index contributed by atoms with van der Waals surface area (Å²) in [4.78, 5) is 43.4. The number of hydrogen-bond acceptors (Lipinski definition) is 4. The third-order valence-electron chi connectivity index (χ3n) is 9.85. The number of amides is 1. The molecule has 0 aromatic heterocycles. The van der Waals surface area contributed by atoms with Crippen molar-refractivity contribution >= 4 is 17.7 Å². The van der Waals surface area contributed by atoms with Crippen LogP contribution in [-0.4, -0.2) is 52.3 Å². The normalized spacial score (nSPS) is 17.8. The van der Waals surface area contributed by atoms with Crippen molar-refractivity contribution in [2.45, 2.75) is 69.2 Å². The van der Waals surface area contributed by atoms with Gasteiger partial charge in [-0.2, -0.15) is 13.2 Å². The third-order valence-corrected chi connectivity index (χ3v) is 9.85. The second kappa shape index (κ2) is 14.8. The molecule has 2 aliphatic rings. The first-order chi connectivity index (χ1) is 23.6. The Morgan fingerprint density at radius 2 is 1.29 bits per heavy atom. The number of rotatable bonds is 11. The summed E-state index contributed by atoms with van der Waals surface area (Å²) in [5.74, 6) is -2.12. The highest BCUT2D eigenvalue weighted by Gasteiger charge is 2.46. The quantitative estimate of drug-likeness (QED) is 0.169. The molecule has 1 amide bonds. The molecule has 1 saturated carbocycles. The van der Waals surface area contributed by atoms with E-state index < -0.39 is 35.7 Å². The van der Waals surface area contributed by atoms with Crippen LogP contribution in [0, 0.1) is 5.92 Å². The highest BCUT2D eigenvalue weighted by atomic mass is 19.4. The Bertz CT molecular complexity index is 1740. The van der Waals surface area contributed by atoms with Crippen LogP contribution in [0.25, 0.3) is 22.3 Å². The first-order valence-electron chi connectivity index (χ1n) is 16.8. The fourth-order valence-corrected chi connectivity index (χ4v) is 7.22. The van der Waals surface area contributed by atoms with Crippen LogP contribution in [0.3, 0.4) is 0 Å². The zero-order chi connectivity index (χ0) is 34.5. The van der Waals surface area contributed by atoms with E-state index in [0.29, 0.717) is 42.5 Å². The van der Waals surface area contributed by atoms with Gasteiger partial charge in [-0.3, -0.25) is 9.59 Å². The van der Waals surface area contributed by atoms with E-state index >= 15 is 0 Å². The predicted molar refractivity (Wildman–Crippen MR) is 182 cm³/mol. The van der Waals surface area contributed by atoms with Gasteiger partial charge >= 0.3 is 12.1 Å². The standard InChI is InChI=1S/C40H39F3N2O4/c41-40(42,43)33-22-20-30(21-23-33)29-16-18-32(19-17-29)38(47)45(36(34-11-6-24-44-34)37(46)31-9-4-5-10-31)35(39(48)49)25-26-12-14-28(15-13-26)27-7-2-1-3-8-27/h1-3,7-8,12-23,31,34-36,44H,4-6,9-11,24-25H2,(H,48,49)/t34-,35-,36?/m0/s1. The molecular formula is C40H39F3N2O4. The molecule has 0 spiro atoms. The summed E-state index contributed by atoms with van der Waals surface area (Å²) in [6, 6.07) is 25.8. The van der Waals surface area contributed by atoms with Crippen LogP contribution in [0.4, 0.5) is 13.2 Å². The Hall–Kier alpha value is -4.76. The van der Waals surface area contributed by atoms with Crippen molar-refractivity contribution in [1.29, 1.82) is 0 Å². The molecule has 1 aliphatic heterocycles. The highest BCUT2D eigenvalue weighted by molar-refractivity contribution is 6.01. The Morgan fingerprint density at radius 3 is 1.82 bits per heavy atom. The smallest absolute Gasteiger partial charge is 0.416 e. The Balaban J connectivity index is 1.35. The van der Waals surface area contributed by atoms with E-state index in [1.165, 1.54) is 17.0 Å². The van der Waals surface area contributed by atoms with Gasteiger partial charge in [0, 0.05) is 23.9 Å². The molecule has 0 radical (unpaired) electrons. The lowest BCUT2D eigenvalue weighted by Gasteiger charge is -2.39. The molecule has 1 heterocycles. The summed E-state index contributed by atoms with van der Waals surface area (Å²) >= 11 is 0. The van der Waals surface area contributed by atoms with Crippen molar-refractivity contribution in [2.24, 2.45) is 5.92 Å². The minimum atomic E-state index is -4.45. The number of aliphatic carboxylic acids is 1. The molecule has 2 N–H and O–H groups in total. The molecule has 2 fully saturated rings. The van der Waals surface area contributed by atoms with E-state index in [2.05, 4.69) is 5.32 Å². The summed E-state index contributed by atoms with van der Waals surface area (Å²) in [5.41, 5.74) is 3.29. The first kappa shape index (κ1) is 34.1. The van der Waals surface area contributed by atoms with Crippen LogP contribution < -0.4 is 5.32 Å². The van der Waals surface area contributed by atoms with Crippen LogP contribution in [0.2, 0.25) is 0 Å². The number of halogens is 3. The minimum absolute atomic E-state index is 0.000940. The zero-order valence-corrected chi connectivity index (χ0v) is 27.0. The lowest BCUT2D eigenvalue weighted by atomic mass is 9.87. The number of nitrogens with one attached hydrogen (secondary N) is 1. The molecule has 1 aliphatic carbocycles. The van der Waals surface area contributed by atoms with Gasteiger partial charge in [-0.05, 0) is 84.3 Å². The lowest BCUT2D eigenvalue weighted by molar-refractivity contribution is -0.145. The fraction of sp³-hybridized carbons (Fsp3) is 0.325. The van der Waals surface area contributed by atoms with E-state index in [9.17, 15) is 32.7 Å². The van der Waals surface area contributed by atoms with Gasteiger partial charge in [0.15, 0.2) is 5.78 Å². The monoisotopic (exact) mass is 668 g/mol. The number of ketones is 1. The van der Waals surface area contributed by atoms with Crippen LogP contribution in [0.1, 0.15) is 60.0 Å². The molecule has 9 heteroatoms. The van der Waals surface area contributed by atoms with Crippen molar-refractivity contribution in [3.8, 4) is 22.3 Å². The van der Waals surface area contributed by atoms with Gasteiger partial charge in [-0.15, -0.1) is 0 Å². The number of carboxylic acids is 1. The summed E-state index contributed by atoms with van der Waals surface area (Å²) in [5, 5.41) is 14.1. The van der Waals surface area contributed by atoms with Gasteiger partial charge < -0.3 is 15.3 Å². The number of Topliss-reactive ketones (excluding diaryl/α,β-unsaturated/α-hetero) is 1. The van der Waals surface area contributed by atoms with E-state index in [-0.39, 0.29) is 29.7 Å². The molecule has 0 bridgehead atoms. The van der Waals surface area contributed by atoms with Crippen molar-refractivity contribution in [1.82, 2.24) is 10.2 Å². The number of alkyl halides is 3. The lowest BCUT2D eigenvalue weighted by Crippen LogP contribution is -2.61. The molecule has 254 valence electrons. The molecule has 4 aromatic carbocycles. The van der Waals surface area contributed by atoms with Crippen LogP contribution >= 0.6 is 0 Å². The number of nitrogens with zero attached hydrogens (tertiary/aromatic N) is 1. The highest BCUT2D eigenvalue weighted by Crippen LogP contribution is 2.34. The van der Waals surface area contributed by atoms with Crippen LogP contribution in [-0.2, 0) is 22.2 Å². The molecule has 1 saturated heterocycles. The van der Waals surface area contributed by atoms with Gasteiger partial charge in [0.05, 0.1) is 5.56 Å². The summed E-state index contributed by atoms with van der Waals surface area (Å²) in [7, 11) is 0. The molecule has 49 heavy (non-hydrogen) atoms. The molecule has 6 nitrogen and oxygen atoms in total. The maximum Gasteiger partial charge on any atom is 0.416 e. The SMILES string of the molecule is O=C(C1CCCC1)C([C@@H]1CCCN1)N(C(=O)c1ccc(-c2ccc(C(F)(F)F)cc2)cc1)[C@@H](Cc1ccc(-c2ccccc2)cc1)C(=O)O. The van der Waals surface area contributed by atoms with E-state index in [1.54, 1.807) is 24.3 Å². The fourth-order valence-electron chi connectivity index (χ4n) is 7.22. The van der Waals surface area contributed by atoms with Crippen molar-refractivity contribution in [2.75, 3.05) is 6.54 Å². The predicted octanol–water partition coefficient (Wildman–Crippen LogP) is 8.06.